The van der Waals surface area contributed by atoms with E-state index in [4.69, 9.17) is 9.72 Å². The Balaban J connectivity index is 1.57. The van der Waals surface area contributed by atoms with Crippen molar-refractivity contribution in [1.82, 2.24) is 29.3 Å². The Hall–Kier alpha value is -2.59. The second-order valence-electron chi connectivity index (χ2n) is 7.70. The van der Waals surface area contributed by atoms with E-state index in [1.54, 1.807) is 0 Å². The summed E-state index contributed by atoms with van der Waals surface area (Å²) in [6, 6.07) is 0.333. The van der Waals surface area contributed by atoms with Gasteiger partial charge in [-0.25, -0.2) is 9.67 Å². The van der Waals surface area contributed by atoms with Crippen LogP contribution in [0.2, 0.25) is 0 Å². The molecule has 0 aromatic carbocycles. The lowest BCUT2D eigenvalue weighted by molar-refractivity contribution is 0.0769. The van der Waals surface area contributed by atoms with Crippen molar-refractivity contribution in [2.45, 2.75) is 58.8 Å². The molecule has 3 aromatic rings. The van der Waals surface area contributed by atoms with Gasteiger partial charge in [0.1, 0.15) is 10.6 Å². The van der Waals surface area contributed by atoms with Crippen LogP contribution in [0.25, 0.3) is 11.0 Å². The number of fused-ring (bicyclic) bond motifs is 2. The van der Waals surface area contributed by atoms with Gasteiger partial charge in [0.2, 0.25) is 0 Å². The Morgan fingerprint density at radius 1 is 1.30 bits per heavy atom. The Bertz CT molecular complexity index is 1090. The van der Waals surface area contributed by atoms with Crippen molar-refractivity contribution in [1.29, 1.82) is 0 Å². The molecular weight excluding hydrogens is 402 g/mol. The maximum atomic E-state index is 12.9. The maximum Gasteiger partial charge on any atom is 0.268 e. The van der Waals surface area contributed by atoms with Gasteiger partial charge in [0.15, 0.2) is 5.65 Å². The van der Waals surface area contributed by atoms with Gasteiger partial charge in [-0.05, 0) is 37.7 Å². The van der Waals surface area contributed by atoms with E-state index in [0.717, 1.165) is 72.7 Å². The molecule has 0 atom stereocenters. The molecule has 0 radical (unpaired) electrons. The highest BCUT2D eigenvalue weighted by molar-refractivity contribution is 7.08. The van der Waals surface area contributed by atoms with Gasteiger partial charge >= 0.3 is 0 Å². The minimum Gasteiger partial charge on any atom is -0.381 e. The summed E-state index contributed by atoms with van der Waals surface area (Å²) in [6.07, 6.45) is 4.60. The Morgan fingerprint density at radius 3 is 2.87 bits per heavy atom. The summed E-state index contributed by atoms with van der Waals surface area (Å²) in [5, 5.41) is 13.4. The number of hydrogen-bond donors (Lipinski definition) is 1. The van der Waals surface area contributed by atoms with Crippen LogP contribution in [-0.4, -0.2) is 54.4 Å². The van der Waals surface area contributed by atoms with Crippen molar-refractivity contribution in [3.63, 3.8) is 0 Å². The number of carbonyl (C=O) groups excluding carboxylic acids is 1. The van der Waals surface area contributed by atoms with Gasteiger partial charge in [0.25, 0.3) is 5.91 Å². The lowest BCUT2D eigenvalue weighted by atomic mass is 10.0. The average Bonchev–Trinajstić information content (AvgIpc) is 3.47. The van der Waals surface area contributed by atoms with E-state index >= 15 is 0 Å². The number of pyridine rings is 1. The summed E-state index contributed by atoms with van der Waals surface area (Å²) < 4.78 is 11.4. The fraction of sp³-hybridized carbons (Fsp3) is 0.550. The first kappa shape index (κ1) is 19.4. The van der Waals surface area contributed by atoms with Gasteiger partial charge in [-0.2, -0.15) is 5.10 Å². The van der Waals surface area contributed by atoms with Crippen LogP contribution < -0.4 is 5.32 Å². The zero-order chi connectivity index (χ0) is 20.7. The third-order valence-corrected chi connectivity index (χ3v) is 6.66. The maximum absolute atomic E-state index is 12.9. The molecule has 0 bridgehead atoms. The first-order chi connectivity index (χ1) is 14.7. The lowest BCUT2D eigenvalue weighted by Crippen LogP contribution is -2.30. The SMILES string of the molecule is CCc1nc2c(cnn2CC)c(NC2CCOCC2)c1CN1Cc2nnsc2C1=O. The smallest absolute Gasteiger partial charge is 0.268 e. The number of hydrogen-bond acceptors (Lipinski definition) is 8. The standard InChI is InChI=1S/C20H25N7O2S/c1-3-15-14(10-26-11-16-18(20(26)28)30-25-24-16)17(22-12-5-7-29-8-6-12)13-9-21-27(4-2)19(13)23-15/h9,12H,3-8,10-11H2,1-2H3,(H,22,23). The number of amides is 1. The number of anilines is 1. The zero-order valence-electron chi connectivity index (χ0n) is 17.2. The topological polar surface area (TPSA) is 98.1 Å². The van der Waals surface area contributed by atoms with Gasteiger partial charge in [0, 0.05) is 37.1 Å². The molecule has 5 heterocycles. The Labute approximate surface area is 178 Å². The van der Waals surface area contributed by atoms with E-state index in [0.29, 0.717) is 24.0 Å². The first-order valence-corrected chi connectivity index (χ1v) is 11.3. The van der Waals surface area contributed by atoms with Gasteiger partial charge in [0.05, 0.1) is 30.4 Å². The predicted octanol–water partition coefficient (Wildman–Crippen LogP) is 2.61. The summed E-state index contributed by atoms with van der Waals surface area (Å²) >= 11 is 1.18. The fourth-order valence-corrected chi connectivity index (χ4v) is 4.91. The Kier molecular flexibility index (Phi) is 5.11. The van der Waals surface area contributed by atoms with Crippen molar-refractivity contribution in [3.8, 4) is 0 Å². The third kappa shape index (κ3) is 3.24. The summed E-state index contributed by atoms with van der Waals surface area (Å²) in [4.78, 5) is 20.3. The minimum atomic E-state index is 0.00317. The molecule has 0 unspecified atom stereocenters. The van der Waals surface area contributed by atoms with Crippen LogP contribution in [0.5, 0.6) is 0 Å². The molecule has 158 valence electrons. The molecule has 3 aromatic heterocycles. The highest BCUT2D eigenvalue weighted by atomic mass is 32.1. The number of nitrogens with zero attached hydrogens (tertiary/aromatic N) is 6. The van der Waals surface area contributed by atoms with Crippen LogP contribution >= 0.6 is 11.5 Å². The van der Waals surface area contributed by atoms with Gasteiger partial charge in [-0.15, -0.1) is 5.10 Å². The van der Waals surface area contributed by atoms with Crippen molar-refractivity contribution in [3.05, 3.63) is 28.0 Å². The number of carbonyl (C=O) groups is 1. The average molecular weight is 428 g/mol. The fourth-order valence-electron chi connectivity index (χ4n) is 4.27. The minimum absolute atomic E-state index is 0.00317. The number of aryl methyl sites for hydroxylation is 2. The molecule has 1 N–H and O–H groups in total. The molecule has 0 saturated carbocycles. The third-order valence-electron chi connectivity index (χ3n) is 5.90. The van der Waals surface area contributed by atoms with Crippen LogP contribution in [-0.2, 0) is 30.8 Å². The highest BCUT2D eigenvalue weighted by Crippen LogP contribution is 2.34. The quantitative estimate of drug-likeness (QED) is 0.646. The molecule has 10 heteroatoms. The van der Waals surface area contributed by atoms with Crippen molar-refractivity contribution in [2.75, 3.05) is 18.5 Å². The van der Waals surface area contributed by atoms with Gasteiger partial charge < -0.3 is 15.0 Å². The molecule has 5 rings (SSSR count). The normalized spacial score (nSPS) is 17.1. The monoisotopic (exact) mass is 427 g/mol. The molecular formula is C20H25N7O2S. The molecule has 2 aliphatic heterocycles. The van der Waals surface area contributed by atoms with Crippen LogP contribution in [0, 0.1) is 0 Å². The highest BCUT2D eigenvalue weighted by Gasteiger charge is 2.33. The summed E-state index contributed by atoms with van der Waals surface area (Å²) in [5.41, 5.74) is 4.79. The molecule has 1 fully saturated rings. The summed E-state index contributed by atoms with van der Waals surface area (Å²) in [5.74, 6) is 0.00317. The van der Waals surface area contributed by atoms with Crippen LogP contribution in [0.4, 0.5) is 5.69 Å². The first-order valence-electron chi connectivity index (χ1n) is 10.5. The molecule has 9 nitrogen and oxygen atoms in total. The Morgan fingerprint density at radius 2 is 2.13 bits per heavy atom. The second-order valence-corrected chi connectivity index (χ2v) is 8.46. The van der Waals surface area contributed by atoms with Crippen molar-refractivity contribution < 1.29 is 9.53 Å². The molecule has 30 heavy (non-hydrogen) atoms. The van der Waals surface area contributed by atoms with E-state index < -0.39 is 0 Å². The largest absolute Gasteiger partial charge is 0.381 e. The number of rotatable bonds is 6. The van der Waals surface area contributed by atoms with E-state index in [1.807, 2.05) is 15.8 Å². The lowest BCUT2D eigenvalue weighted by Gasteiger charge is -2.27. The number of aromatic nitrogens is 5. The number of nitrogens with one attached hydrogen (secondary N) is 1. The van der Waals surface area contributed by atoms with E-state index in [2.05, 4.69) is 33.8 Å². The van der Waals surface area contributed by atoms with E-state index in [9.17, 15) is 4.79 Å². The molecule has 1 amide bonds. The summed E-state index contributed by atoms with van der Waals surface area (Å²) in [6.45, 7) is 7.46. The molecule has 0 aliphatic carbocycles. The molecule has 2 aliphatic rings. The van der Waals surface area contributed by atoms with Gasteiger partial charge in [-0.1, -0.05) is 11.4 Å². The van der Waals surface area contributed by atoms with Crippen LogP contribution in [0.15, 0.2) is 6.20 Å². The van der Waals surface area contributed by atoms with E-state index in [-0.39, 0.29) is 5.91 Å². The second kappa shape index (κ2) is 7.92. The van der Waals surface area contributed by atoms with Gasteiger partial charge in [-0.3, -0.25) is 4.79 Å². The molecule has 1 saturated heterocycles. The molecule has 0 spiro atoms. The van der Waals surface area contributed by atoms with E-state index in [1.165, 1.54) is 11.5 Å². The predicted molar refractivity (Wildman–Crippen MR) is 114 cm³/mol. The van der Waals surface area contributed by atoms with Crippen LogP contribution in [0.3, 0.4) is 0 Å². The number of ether oxygens (including phenoxy) is 1. The van der Waals surface area contributed by atoms with Crippen molar-refractivity contribution in [2.24, 2.45) is 0 Å². The van der Waals surface area contributed by atoms with Crippen LogP contribution in [0.1, 0.15) is 53.3 Å². The summed E-state index contributed by atoms with van der Waals surface area (Å²) in [7, 11) is 0. The van der Waals surface area contributed by atoms with Crippen molar-refractivity contribution >= 4 is 34.2 Å². The zero-order valence-corrected chi connectivity index (χ0v) is 18.0.